The molecule has 0 aliphatic carbocycles. The molecular weight excluding hydrogens is 288 g/mol. The van der Waals surface area contributed by atoms with Gasteiger partial charge in [-0.3, -0.25) is 15.6 Å². The first-order valence-corrected chi connectivity index (χ1v) is 6.72. The molecule has 0 spiro atoms. The number of anilines is 1. The lowest BCUT2D eigenvalue weighted by Crippen LogP contribution is -2.48. The van der Waals surface area contributed by atoms with Crippen LogP contribution in [0.4, 0.5) is 5.95 Å². The Balaban J connectivity index is 1.76. The van der Waals surface area contributed by atoms with Crippen LogP contribution in [-0.4, -0.2) is 34.1 Å². The zero-order valence-electron chi connectivity index (χ0n) is 11.3. The molecule has 5 N–H and O–H groups in total. The van der Waals surface area contributed by atoms with E-state index >= 15 is 0 Å². The Labute approximate surface area is 127 Å². The molecular formula is C13H16N6OS. The zero-order valence-corrected chi connectivity index (χ0v) is 12.1. The zero-order chi connectivity index (χ0) is 15.1. The molecule has 1 aromatic carbocycles. The van der Waals surface area contributed by atoms with Crippen LogP contribution in [0, 0.1) is 0 Å². The highest BCUT2D eigenvalue weighted by Gasteiger charge is 2.04. The van der Waals surface area contributed by atoms with Crippen molar-refractivity contribution in [3.05, 3.63) is 36.9 Å². The monoisotopic (exact) mass is 304 g/mol. The number of carbonyl (C=O) groups excluding carboxylic acids is 1. The number of aromatic nitrogens is 2. The number of hydrogen-bond acceptors (Lipinski definition) is 4. The van der Waals surface area contributed by atoms with Gasteiger partial charge >= 0.3 is 0 Å². The van der Waals surface area contributed by atoms with Crippen LogP contribution in [0.5, 0.6) is 0 Å². The second-order valence-corrected chi connectivity index (χ2v) is 4.54. The summed E-state index contributed by atoms with van der Waals surface area (Å²) in [6, 6.07) is 7.63. The van der Waals surface area contributed by atoms with Crippen LogP contribution >= 0.6 is 12.2 Å². The molecule has 0 radical (unpaired) electrons. The first kappa shape index (κ1) is 14.8. The number of nitrogens with zero attached hydrogens (tertiary/aromatic N) is 1. The van der Waals surface area contributed by atoms with Gasteiger partial charge in [-0.15, -0.1) is 6.58 Å². The molecule has 1 aromatic heterocycles. The second kappa shape index (κ2) is 7.25. The summed E-state index contributed by atoms with van der Waals surface area (Å²) in [6.45, 7) is 4.14. The van der Waals surface area contributed by atoms with Crippen LogP contribution in [0.25, 0.3) is 11.0 Å². The summed E-state index contributed by atoms with van der Waals surface area (Å²) in [4.78, 5) is 19.0. The molecule has 21 heavy (non-hydrogen) atoms. The first-order chi connectivity index (χ1) is 10.2. The summed E-state index contributed by atoms with van der Waals surface area (Å²) in [5, 5.41) is 6.06. The Morgan fingerprint density at radius 2 is 2.19 bits per heavy atom. The van der Waals surface area contributed by atoms with Gasteiger partial charge in [-0.25, -0.2) is 4.98 Å². The molecule has 7 nitrogen and oxygen atoms in total. The van der Waals surface area contributed by atoms with Gasteiger partial charge in [-0.1, -0.05) is 18.2 Å². The van der Waals surface area contributed by atoms with Crippen LogP contribution in [-0.2, 0) is 4.79 Å². The van der Waals surface area contributed by atoms with Gasteiger partial charge in [-0.2, -0.15) is 0 Å². The lowest BCUT2D eigenvalue weighted by molar-refractivity contribution is -0.119. The van der Waals surface area contributed by atoms with E-state index in [-0.39, 0.29) is 12.5 Å². The number of amides is 1. The van der Waals surface area contributed by atoms with Crippen molar-refractivity contribution >= 4 is 40.2 Å². The Kier molecular flexibility index (Phi) is 5.10. The van der Waals surface area contributed by atoms with E-state index in [0.29, 0.717) is 17.6 Å². The molecule has 1 heterocycles. The number of H-pyrrole nitrogens is 1. The highest BCUT2D eigenvalue weighted by molar-refractivity contribution is 7.80. The van der Waals surface area contributed by atoms with Crippen LogP contribution in [0.2, 0.25) is 0 Å². The maximum atomic E-state index is 11.6. The Hall–Kier alpha value is -2.61. The molecule has 0 atom stereocenters. The van der Waals surface area contributed by atoms with Crippen LogP contribution in [0.3, 0.4) is 0 Å². The van der Waals surface area contributed by atoms with Crippen molar-refractivity contribution in [3.63, 3.8) is 0 Å². The first-order valence-electron chi connectivity index (χ1n) is 6.31. The summed E-state index contributed by atoms with van der Waals surface area (Å²) in [5.74, 6) is 0.275. The number of nitrogens with one attached hydrogen (secondary N) is 5. The van der Waals surface area contributed by atoms with Crippen molar-refractivity contribution in [2.75, 3.05) is 18.4 Å². The topological polar surface area (TPSA) is 93.9 Å². The number of hydrazine groups is 1. The van der Waals surface area contributed by atoms with Crippen molar-refractivity contribution < 1.29 is 4.79 Å². The van der Waals surface area contributed by atoms with Crippen molar-refractivity contribution in [2.24, 2.45) is 0 Å². The van der Waals surface area contributed by atoms with E-state index in [0.717, 1.165) is 11.0 Å². The molecule has 0 saturated heterocycles. The van der Waals surface area contributed by atoms with Crippen LogP contribution in [0.1, 0.15) is 0 Å². The number of para-hydroxylation sites is 2. The molecule has 0 aliphatic rings. The molecule has 0 aliphatic heterocycles. The largest absolute Gasteiger partial charge is 0.358 e. The number of imidazole rings is 1. The molecule has 0 saturated carbocycles. The number of aromatic amines is 1. The lowest BCUT2D eigenvalue weighted by Gasteiger charge is -2.10. The third-order valence-corrected chi connectivity index (χ3v) is 2.77. The van der Waals surface area contributed by atoms with Crippen molar-refractivity contribution in [2.45, 2.75) is 0 Å². The predicted octanol–water partition coefficient (Wildman–Crippen LogP) is 0.656. The SMILES string of the molecule is C=CCNC(=S)NNC(=O)CNc1nc2ccccc2[nH]1. The number of thiocarbonyl (C=S) groups is 1. The van der Waals surface area contributed by atoms with Crippen molar-refractivity contribution in [1.82, 2.24) is 26.1 Å². The summed E-state index contributed by atoms with van der Waals surface area (Å²) in [7, 11) is 0. The number of carbonyl (C=O) groups is 1. The Morgan fingerprint density at radius 3 is 2.95 bits per heavy atom. The quantitative estimate of drug-likeness (QED) is 0.316. The minimum atomic E-state index is -0.266. The van der Waals surface area contributed by atoms with E-state index in [2.05, 4.69) is 38.0 Å². The van der Waals surface area contributed by atoms with E-state index in [1.165, 1.54) is 0 Å². The summed E-state index contributed by atoms with van der Waals surface area (Å²) >= 11 is 4.94. The standard InChI is InChI=1S/C13H16N6OS/c1-2-7-14-13(21)19-18-11(20)8-15-12-16-9-5-3-4-6-10(9)17-12/h2-6H,1,7-8H2,(H,18,20)(H2,14,19,21)(H2,15,16,17). The molecule has 110 valence electrons. The summed E-state index contributed by atoms with van der Waals surface area (Å²) in [5.41, 5.74) is 6.80. The summed E-state index contributed by atoms with van der Waals surface area (Å²) in [6.07, 6.45) is 1.67. The fourth-order valence-corrected chi connectivity index (χ4v) is 1.71. The second-order valence-electron chi connectivity index (χ2n) is 4.13. The number of hydrogen-bond donors (Lipinski definition) is 5. The number of rotatable bonds is 5. The van der Waals surface area contributed by atoms with Crippen LogP contribution < -0.4 is 21.5 Å². The third kappa shape index (κ3) is 4.46. The van der Waals surface area contributed by atoms with Gasteiger partial charge in [0.25, 0.3) is 5.91 Å². The minimum absolute atomic E-state index is 0.0664. The van der Waals surface area contributed by atoms with E-state index in [1.807, 2.05) is 24.3 Å². The molecule has 0 fully saturated rings. The molecule has 2 aromatic rings. The smallest absolute Gasteiger partial charge is 0.257 e. The van der Waals surface area contributed by atoms with Gasteiger partial charge in [0.2, 0.25) is 5.95 Å². The van der Waals surface area contributed by atoms with Gasteiger partial charge in [0.1, 0.15) is 0 Å². The highest BCUT2D eigenvalue weighted by Crippen LogP contribution is 2.12. The molecule has 8 heteroatoms. The summed E-state index contributed by atoms with van der Waals surface area (Å²) < 4.78 is 0. The maximum Gasteiger partial charge on any atom is 0.257 e. The molecule has 2 rings (SSSR count). The molecule has 0 bridgehead atoms. The van der Waals surface area contributed by atoms with E-state index in [4.69, 9.17) is 12.2 Å². The molecule has 0 unspecified atom stereocenters. The van der Waals surface area contributed by atoms with Gasteiger partial charge in [-0.05, 0) is 24.4 Å². The van der Waals surface area contributed by atoms with Crippen molar-refractivity contribution in [3.8, 4) is 0 Å². The normalized spacial score (nSPS) is 9.90. The average Bonchev–Trinajstić information content (AvgIpc) is 2.91. The molecule has 1 amide bonds. The van der Waals surface area contributed by atoms with E-state index in [1.54, 1.807) is 6.08 Å². The number of benzene rings is 1. The Bertz CT molecular complexity index is 620. The van der Waals surface area contributed by atoms with Gasteiger partial charge in [0.15, 0.2) is 5.11 Å². The van der Waals surface area contributed by atoms with E-state index < -0.39 is 0 Å². The van der Waals surface area contributed by atoms with Crippen molar-refractivity contribution in [1.29, 1.82) is 0 Å². The fraction of sp³-hybridized carbons (Fsp3) is 0.154. The Morgan fingerprint density at radius 1 is 1.38 bits per heavy atom. The predicted molar refractivity (Wildman–Crippen MR) is 86.7 cm³/mol. The van der Waals surface area contributed by atoms with Crippen LogP contribution in [0.15, 0.2) is 36.9 Å². The van der Waals surface area contributed by atoms with Gasteiger partial charge in [0, 0.05) is 6.54 Å². The average molecular weight is 304 g/mol. The highest BCUT2D eigenvalue weighted by atomic mass is 32.1. The van der Waals surface area contributed by atoms with Gasteiger partial charge < -0.3 is 15.6 Å². The minimum Gasteiger partial charge on any atom is -0.358 e. The fourth-order valence-electron chi connectivity index (χ4n) is 1.58. The van der Waals surface area contributed by atoms with Gasteiger partial charge in [0.05, 0.1) is 17.6 Å². The third-order valence-electron chi connectivity index (χ3n) is 2.53. The maximum absolute atomic E-state index is 11.6. The lowest BCUT2D eigenvalue weighted by atomic mass is 10.3. The van der Waals surface area contributed by atoms with E-state index in [9.17, 15) is 4.79 Å². The number of fused-ring (bicyclic) bond motifs is 1.